The van der Waals surface area contributed by atoms with Crippen molar-refractivity contribution in [2.24, 2.45) is 0 Å². The van der Waals surface area contributed by atoms with Gasteiger partial charge in [0.1, 0.15) is 0 Å². The van der Waals surface area contributed by atoms with Crippen LogP contribution in [0.2, 0.25) is 10.2 Å². The van der Waals surface area contributed by atoms with E-state index in [0.29, 0.717) is 28.1 Å². The fourth-order valence-corrected chi connectivity index (χ4v) is 4.67. The summed E-state index contributed by atoms with van der Waals surface area (Å²) in [6.07, 6.45) is 5.34. The van der Waals surface area contributed by atoms with E-state index in [1.54, 1.807) is 21.7 Å². The lowest BCUT2D eigenvalue weighted by Gasteiger charge is -2.35. The zero-order valence-corrected chi connectivity index (χ0v) is 19.3. The number of rotatable bonds is 4. The number of amides is 1. The number of piperidine rings is 1. The van der Waals surface area contributed by atoms with Crippen LogP contribution in [0.25, 0.3) is 5.65 Å². The highest BCUT2D eigenvalue weighted by atomic mass is 35.5. The van der Waals surface area contributed by atoms with Crippen LogP contribution in [0.4, 0.5) is 5.69 Å². The molecule has 1 aliphatic rings. The maximum absolute atomic E-state index is 13.5. The van der Waals surface area contributed by atoms with Gasteiger partial charge >= 0.3 is 0 Å². The Morgan fingerprint density at radius 1 is 1.23 bits per heavy atom. The SMILES string of the molecule is Cc1cc2nc([C@@H]3CCCCN3C(=O)c3cc(Cl)ccc3NS(C)(=O)=O)cn2nc1Cl. The first kappa shape index (κ1) is 21.9. The van der Waals surface area contributed by atoms with Crippen LogP contribution in [-0.4, -0.2) is 46.6 Å². The number of aromatic nitrogens is 3. The molecule has 1 saturated heterocycles. The zero-order valence-electron chi connectivity index (χ0n) is 17.0. The molecule has 1 N–H and O–H groups in total. The van der Waals surface area contributed by atoms with Crippen molar-refractivity contribution in [2.75, 3.05) is 17.5 Å². The molecule has 8 nitrogen and oxygen atoms in total. The third-order valence-electron chi connectivity index (χ3n) is 5.21. The summed E-state index contributed by atoms with van der Waals surface area (Å²) in [5, 5.41) is 5.04. The lowest BCUT2D eigenvalue weighted by Crippen LogP contribution is -2.39. The van der Waals surface area contributed by atoms with Crippen molar-refractivity contribution >= 4 is 50.5 Å². The molecule has 4 rings (SSSR count). The van der Waals surface area contributed by atoms with Gasteiger partial charge in [-0.05, 0) is 56.0 Å². The molecular formula is C20H21Cl2N5O3S. The molecule has 1 fully saturated rings. The molecule has 1 atom stereocenters. The fourth-order valence-electron chi connectivity index (χ4n) is 3.79. The number of imidazole rings is 1. The average Bonchev–Trinajstić information content (AvgIpc) is 3.10. The summed E-state index contributed by atoms with van der Waals surface area (Å²) in [5.41, 5.74) is 2.57. The molecule has 0 spiro atoms. The maximum atomic E-state index is 13.5. The third kappa shape index (κ3) is 4.63. The highest BCUT2D eigenvalue weighted by Gasteiger charge is 2.32. The van der Waals surface area contributed by atoms with Gasteiger partial charge in [-0.1, -0.05) is 23.2 Å². The van der Waals surface area contributed by atoms with Gasteiger partial charge in [0.25, 0.3) is 5.91 Å². The van der Waals surface area contributed by atoms with Crippen LogP contribution >= 0.6 is 23.2 Å². The molecule has 3 aromatic rings. The van der Waals surface area contributed by atoms with E-state index in [4.69, 9.17) is 23.2 Å². The predicted octanol–water partition coefficient (Wildman–Crippen LogP) is 4.08. The van der Waals surface area contributed by atoms with Crippen molar-refractivity contribution in [3.63, 3.8) is 0 Å². The summed E-state index contributed by atoms with van der Waals surface area (Å²) in [7, 11) is -3.57. The maximum Gasteiger partial charge on any atom is 0.256 e. The molecule has 3 heterocycles. The average molecular weight is 482 g/mol. The number of likely N-dealkylation sites (tertiary alicyclic amines) is 1. The Morgan fingerprint density at radius 2 is 2.00 bits per heavy atom. The van der Waals surface area contributed by atoms with E-state index in [-0.39, 0.29) is 23.2 Å². The van der Waals surface area contributed by atoms with E-state index >= 15 is 0 Å². The van der Waals surface area contributed by atoms with Crippen LogP contribution in [-0.2, 0) is 10.0 Å². The highest BCUT2D eigenvalue weighted by Crippen LogP contribution is 2.34. The van der Waals surface area contributed by atoms with Crippen LogP contribution in [0.1, 0.15) is 46.9 Å². The number of fused-ring (bicyclic) bond motifs is 1. The topological polar surface area (TPSA) is 96.7 Å². The number of sulfonamides is 1. The third-order valence-corrected chi connectivity index (χ3v) is 6.41. The number of benzene rings is 1. The Balaban J connectivity index is 1.73. The molecule has 0 bridgehead atoms. The van der Waals surface area contributed by atoms with Gasteiger partial charge in [-0.15, -0.1) is 0 Å². The standard InChI is InChI=1S/C20H21Cl2N5O3S/c1-12-9-18-23-16(11-27(18)24-19(12)22)17-5-3-4-8-26(17)20(28)14-10-13(21)6-7-15(14)25-31(2,29)30/h6-7,9-11,17,25H,3-5,8H2,1-2H3/t17-/m0/s1. The van der Waals surface area contributed by atoms with Gasteiger partial charge in [-0.25, -0.2) is 17.9 Å². The van der Waals surface area contributed by atoms with Crippen molar-refractivity contribution in [3.8, 4) is 0 Å². The highest BCUT2D eigenvalue weighted by molar-refractivity contribution is 7.92. The zero-order chi connectivity index (χ0) is 22.3. The summed E-state index contributed by atoms with van der Waals surface area (Å²) in [6.45, 7) is 2.38. The second kappa shape index (κ2) is 8.29. The fraction of sp³-hybridized carbons (Fsp3) is 0.350. The largest absolute Gasteiger partial charge is 0.330 e. The second-order valence-electron chi connectivity index (χ2n) is 7.66. The first-order valence-electron chi connectivity index (χ1n) is 9.73. The van der Waals surface area contributed by atoms with E-state index in [2.05, 4.69) is 14.8 Å². The Morgan fingerprint density at radius 3 is 2.74 bits per heavy atom. The van der Waals surface area contributed by atoms with Gasteiger partial charge in [0.2, 0.25) is 10.0 Å². The number of carbonyl (C=O) groups is 1. The van der Waals surface area contributed by atoms with Gasteiger partial charge in [0, 0.05) is 11.6 Å². The van der Waals surface area contributed by atoms with Gasteiger partial charge < -0.3 is 4.90 Å². The van der Waals surface area contributed by atoms with Crippen LogP contribution in [0.5, 0.6) is 0 Å². The summed E-state index contributed by atoms with van der Waals surface area (Å²) in [4.78, 5) is 19.9. The van der Waals surface area contributed by atoms with Crippen LogP contribution < -0.4 is 4.72 Å². The number of anilines is 1. The molecule has 31 heavy (non-hydrogen) atoms. The summed E-state index contributed by atoms with van der Waals surface area (Å²) < 4.78 is 27.6. The number of nitrogens with zero attached hydrogens (tertiary/aromatic N) is 4. The molecule has 0 radical (unpaired) electrons. The molecule has 2 aromatic heterocycles. The first-order valence-corrected chi connectivity index (χ1v) is 12.4. The van der Waals surface area contributed by atoms with E-state index in [9.17, 15) is 13.2 Å². The Hall–Kier alpha value is -2.36. The number of nitrogens with one attached hydrogen (secondary N) is 1. The van der Waals surface area contributed by atoms with Crippen LogP contribution in [0, 0.1) is 6.92 Å². The molecule has 0 unspecified atom stereocenters. The van der Waals surface area contributed by atoms with Crippen LogP contribution in [0.3, 0.4) is 0 Å². The minimum Gasteiger partial charge on any atom is -0.330 e. The van der Waals surface area contributed by atoms with Crippen molar-refractivity contribution in [3.05, 3.63) is 57.5 Å². The van der Waals surface area contributed by atoms with Gasteiger partial charge in [0.15, 0.2) is 10.8 Å². The molecule has 0 saturated carbocycles. The lowest BCUT2D eigenvalue weighted by atomic mass is 9.98. The molecule has 0 aliphatic carbocycles. The number of aryl methyl sites for hydroxylation is 1. The van der Waals surface area contributed by atoms with E-state index in [1.807, 2.05) is 13.0 Å². The van der Waals surface area contributed by atoms with Gasteiger partial charge in [-0.2, -0.15) is 5.10 Å². The van der Waals surface area contributed by atoms with Crippen LogP contribution in [0.15, 0.2) is 30.5 Å². The van der Waals surface area contributed by atoms with Crippen molar-refractivity contribution in [1.29, 1.82) is 0 Å². The lowest BCUT2D eigenvalue weighted by molar-refractivity contribution is 0.0608. The summed E-state index contributed by atoms with van der Waals surface area (Å²) in [6, 6.07) is 6.09. The van der Waals surface area contributed by atoms with E-state index < -0.39 is 10.0 Å². The van der Waals surface area contributed by atoms with E-state index in [1.165, 1.54) is 12.1 Å². The summed E-state index contributed by atoms with van der Waals surface area (Å²) >= 11 is 12.3. The molecule has 1 amide bonds. The molecule has 1 aromatic carbocycles. The first-order chi connectivity index (χ1) is 14.6. The van der Waals surface area contributed by atoms with Crippen molar-refractivity contribution in [2.45, 2.75) is 32.2 Å². The molecule has 1 aliphatic heterocycles. The van der Waals surface area contributed by atoms with Gasteiger partial charge in [0.05, 0.1) is 35.4 Å². The molecular weight excluding hydrogens is 461 g/mol. The smallest absolute Gasteiger partial charge is 0.256 e. The predicted molar refractivity (Wildman–Crippen MR) is 120 cm³/mol. The Bertz CT molecular complexity index is 1240. The Labute approximate surface area is 190 Å². The number of hydrogen-bond donors (Lipinski definition) is 1. The quantitative estimate of drug-likeness (QED) is 0.605. The number of carbonyl (C=O) groups excluding carboxylic acids is 1. The normalized spacial score (nSPS) is 17.2. The minimum atomic E-state index is -3.57. The molecule has 11 heteroatoms. The summed E-state index contributed by atoms with van der Waals surface area (Å²) in [5.74, 6) is -0.308. The number of hydrogen-bond acceptors (Lipinski definition) is 5. The van der Waals surface area contributed by atoms with Crippen molar-refractivity contribution in [1.82, 2.24) is 19.5 Å². The number of halogens is 2. The molecule has 164 valence electrons. The van der Waals surface area contributed by atoms with Gasteiger partial charge in [-0.3, -0.25) is 9.52 Å². The second-order valence-corrected chi connectivity index (χ2v) is 10.2. The monoisotopic (exact) mass is 481 g/mol. The minimum absolute atomic E-state index is 0.195. The van der Waals surface area contributed by atoms with E-state index in [0.717, 1.165) is 31.1 Å². The van der Waals surface area contributed by atoms with Crippen molar-refractivity contribution < 1.29 is 13.2 Å². The Kier molecular flexibility index (Phi) is 5.85.